The van der Waals surface area contributed by atoms with Crippen molar-refractivity contribution in [2.45, 2.75) is 0 Å². The van der Waals surface area contributed by atoms with Crippen molar-refractivity contribution >= 4 is 21.6 Å². The van der Waals surface area contributed by atoms with Gasteiger partial charge in [0.25, 0.3) is 0 Å². The molecule has 0 spiro atoms. The number of rotatable bonds is 3. The molecular weight excluding hydrogens is 286 g/mol. The Bertz CT molecular complexity index is 535. The van der Waals surface area contributed by atoms with Crippen LogP contribution >= 0.6 is 15.9 Å². The van der Waals surface area contributed by atoms with Crippen LogP contribution in [-0.2, 0) is 0 Å². The number of furan rings is 1. The van der Waals surface area contributed by atoms with Crippen LogP contribution in [0.4, 0.5) is 0 Å². The van der Waals surface area contributed by atoms with Crippen molar-refractivity contribution in [3.63, 3.8) is 0 Å². The lowest BCUT2D eigenvalue weighted by atomic mass is 10.1. The normalized spacial score (nSPS) is 11.5. The molecule has 0 unspecified atom stereocenters. The zero-order valence-corrected chi connectivity index (χ0v) is 10.6. The number of benzene rings is 1. The Morgan fingerprint density at radius 3 is 2.82 bits per heavy atom. The van der Waals surface area contributed by atoms with Gasteiger partial charge in [0.1, 0.15) is 5.75 Å². The van der Waals surface area contributed by atoms with Gasteiger partial charge in [0.2, 0.25) is 0 Å². The third-order valence-electron chi connectivity index (χ3n) is 2.27. The lowest BCUT2D eigenvalue weighted by molar-refractivity contribution is 0.318. The second kappa shape index (κ2) is 5.05. The minimum absolute atomic E-state index is 0.327. The topological polar surface area (TPSA) is 55.0 Å². The largest absolute Gasteiger partial charge is 0.496 e. The van der Waals surface area contributed by atoms with E-state index in [2.05, 4.69) is 21.1 Å². The van der Waals surface area contributed by atoms with Crippen LogP contribution in [0.15, 0.2) is 50.6 Å². The van der Waals surface area contributed by atoms with Gasteiger partial charge in [-0.2, -0.15) is 0 Å². The summed E-state index contributed by atoms with van der Waals surface area (Å²) in [5.74, 6) is 1.08. The van der Waals surface area contributed by atoms with Crippen molar-refractivity contribution in [1.82, 2.24) is 0 Å². The van der Waals surface area contributed by atoms with E-state index in [-0.39, 0.29) is 0 Å². The van der Waals surface area contributed by atoms with E-state index in [9.17, 15) is 0 Å². The van der Waals surface area contributed by atoms with Crippen molar-refractivity contribution in [1.29, 1.82) is 0 Å². The predicted octanol–water partition coefficient (Wildman–Crippen LogP) is 3.28. The molecule has 5 heteroatoms. The van der Waals surface area contributed by atoms with Crippen molar-refractivity contribution in [3.8, 4) is 5.75 Å². The summed E-state index contributed by atoms with van der Waals surface area (Å²) in [6, 6.07) is 8.88. The molecule has 1 N–H and O–H groups in total. The van der Waals surface area contributed by atoms with Crippen molar-refractivity contribution in [3.05, 3.63) is 52.4 Å². The van der Waals surface area contributed by atoms with Crippen LogP contribution < -0.4 is 4.74 Å². The maximum atomic E-state index is 9.12. The number of ether oxygens (including phenoxy) is 1. The fraction of sp³-hybridized carbons (Fsp3) is 0.0833. The van der Waals surface area contributed by atoms with E-state index in [1.807, 2.05) is 6.07 Å². The first kappa shape index (κ1) is 11.7. The van der Waals surface area contributed by atoms with Gasteiger partial charge < -0.3 is 14.4 Å². The molecule has 4 nitrogen and oxygen atoms in total. The molecule has 0 amide bonds. The Hall–Kier alpha value is -1.75. The van der Waals surface area contributed by atoms with Crippen LogP contribution in [0.5, 0.6) is 5.75 Å². The number of methoxy groups -OCH3 is 1. The summed E-state index contributed by atoms with van der Waals surface area (Å²) in [4.78, 5) is 0. The highest BCUT2D eigenvalue weighted by Crippen LogP contribution is 2.26. The summed E-state index contributed by atoms with van der Waals surface area (Å²) in [6.07, 6.45) is 1.52. The van der Waals surface area contributed by atoms with Gasteiger partial charge in [0.15, 0.2) is 11.5 Å². The minimum Gasteiger partial charge on any atom is -0.496 e. The summed E-state index contributed by atoms with van der Waals surface area (Å²) in [6.45, 7) is 0. The maximum Gasteiger partial charge on any atom is 0.156 e. The number of nitrogens with zero attached hydrogens (tertiary/aromatic N) is 1. The standard InChI is InChI=1S/C12H10BrNO3/c1-16-10-5-4-8(13)7-9(10)12(14-15)11-3-2-6-17-11/h2-7,15H,1H3. The van der Waals surface area contributed by atoms with Gasteiger partial charge in [-0.05, 0) is 30.3 Å². The Morgan fingerprint density at radius 2 is 2.24 bits per heavy atom. The first-order valence-electron chi connectivity index (χ1n) is 4.86. The summed E-state index contributed by atoms with van der Waals surface area (Å²) in [5.41, 5.74) is 0.979. The van der Waals surface area contributed by atoms with E-state index in [0.29, 0.717) is 22.8 Å². The molecule has 0 saturated heterocycles. The van der Waals surface area contributed by atoms with Gasteiger partial charge in [0.05, 0.1) is 18.9 Å². The van der Waals surface area contributed by atoms with E-state index in [1.165, 1.54) is 6.26 Å². The average molecular weight is 296 g/mol. The zero-order chi connectivity index (χ0) is 12.3. The third kappa shape index (κ3) is 2.34. The molecule has 2 rings (SSSR count). The molecule has 1 heterocycles. The van der Waals surface area contributed by atoms with E-state index in [4.69, 9.17) is 14.4 Å². The van der Waals surface area contributed by atoms with E-state index in [0.717, 1.165) is 4.47 Å². The maximum absolute atomic E-state index is 9.12. The number of halogens is 1. The molecule has 1 aromatic heterocycles. The number of oxime groups is 1. The Balaban J connectivity index is 2.55. The van der Waals surface area contributed by atoms with E-state index < -0.39 is 0 Å². The Morgan fingerprint density at radius 1 is 1.41 bits per heavy atom. The molecule has 0 aliphatic heterocycles. The van der Waals surface area contributed by atoms with Crippen molar-refractivity contribution < 1.29 is 14.4 Å². The molecule has 0 saturated carbocycles. The second-order valence-electron chi connectivity index (χ2n) is 3.27. The van der Waals surface area contributed by atoms with Gasteiger partial charge in [0, 0.05) is 4.47 Å². The van der Waals surface area contributed by atoms with Crippen LogP contribution in [-0.4, -0.2) is 18.0 Å². The molecule has 0 atom stereocenters. The van der Waals surface area contributed by atoms with Crippen molar-refractivity contribution in [2.24, 2.45) is 5.16 Å². The van der Waals surface area contributed by atoms with E-state index >= 15 is 0 Å². The lowest BCUT2D eigenvalue weighted by Gasteiger charge is -2.08. The minimum atomic E-state index is 0.327. The monoisotopic (exact) mass is 295 g/mol. The van der Waals surface area contributed by atoms with Gasteiger partial charge >= 0.3 is 0 Å². The molecular formula is C12H10BrNO3. The molecule has 17 heavy (non-hydrogen) atoms. The summed E-state index contributed by atoms with van der Waals surface area (Å²) in [5, 5.41) is 12.4. The Labute approximate surface area is 107 Å². The summed E-state index contributed by atoms with van der Waals surface area (Å²) < 4.78 is 11.3. The zero-order valence-electron chi connectivity index (χ0n) is 9.05. The van der Waals surface area contributed by atoms with Crippen LogP contribution in [0.1, 0.15) is 11.3 Å². The van der Waals surface area contributed by atoms with Gasteiger partial charge in [-0.1, -0.05) is 21.1 Å². The fourth-order valence-electron chi connectivity index (χ4n) is 1.51. The van der Waals surface area contributed by atoms with Crippen LogP contribution in [0, 0.1) is 0 Å². The van der Waals surface area contributed by atoms with Crippen molar-refractivity contribution in [2.75, 3.05) is 7.11 Å². The highest BCUT2D eigenvalue weighted by atomic mass is 79.9. The predicted molar refractivity (Wildman–Crippen MR) is 66.8 cm³/mol. The van der Waals surface area contributed by atoms with Gasteiger partial charge in [-0.15, -0.1) is 0 Å². The molecule has 2 aromatic rings. The van der Waals surface area contributed by atoms with Crippen LogP contribution in [0.25, 0.3) is 0 Å². The SMILES string of the molecule is COc1ccc(Br)cc1C(=NO)c1ccco1. The molecule has 0 bridgehead atoms. The summed E-state index contributed by atoms with van der Waals surface area (Å²) in [7, 11) is 1.56. The second-order valence-corrected chi connectivity index (χ2v) is 4.19. The molecule has 1 aromatic carbocycles. The molecule has 0 fully saturated rings. The van der Waals surface area contributed by atoms with Crippen LogP contribution in [0.3, 0.4) is 0 Å². The molecule has 88 valence electrons. The lowest BCUT2D eigenvalue weighted by Crippen LogP contribution is -2.04. The average Bonchev–Trinajstić information content (AvgIpc) is 2.84. The fourth-order valence-corrected chi connectivity index (χ4v) is 1.88. The van der Waals surface area contributed by atoms with Gasteiger partial charge in [-0.3, -0.25) is 0 Å². The molecule has 0 aliphatic rings. The Kier molecular flexibility index (Phi) is 3.49. The molecule has 0 radical (unpaired) electrons. The smallest absolute Gasteiger partial charge is 0.156 e. The third-order valence-corrected chi connectivity index (χ3v) is 2.76. The highest BCUT2D eigenvalue weighted by molar-refractivity contribution is 9.10. The number of hydrogen-bond acceptors (Lipinski definition) is 4. The van der Waals surface area contributed by atoms with Gasteiger partial charge in [-0.25, -0.2) is 0 Å². The number of hydrogen-bond donors (Lipinski definition) is 1. The molecule has 0 aliphatic carbocycles. The first-order valence-corrected chi connectivity index (χ1v) is 5.65. The summed E-state index contributed by atoms with van der Waals surface area (Å²) >= 11 is 3.36. The first-order chi connectivity index (χ1) is 8.26. The highest BCUT2D eigenvalue weighted by Gasteiger charge is 2.16. The quantitative estimate of drug-likeness (QED) is 0.537. The van der Waals surface area contributed by atoms with Crippen LogP contribution in [0.2, 0.25) is 0 Å². The van der Waals surface area contributed by atoms with E-state index in [1.54, 1.807) is 31.4 Å².